The van der Waals surface area contributed by atoms with Gasteiger partial charge in [-0.1, -0.05) is 36.4 Å². The van der Waals surface area contributed by atoms with Gasteiger partial charge in [0.05, 0.1) is 0 Å². The van der Waals surface area contributed by atoms with Crippen LogP contribution >= 0.6 is 0 Å². The summed E-state index contributed by atoms with van der Waals surface area (Å²) in [5.41, 5.74) is 3.65. The normalized spacial score (nSPS) is 12.4. The molecule has 0 N–H and O–H groups in total. The molecule has 0 saturated carbocycles. The van der Waals surface area contributed by atoms with Crippen molar-refractivity contribution >= 4 is 16.6 Å². The minimum absolute atomic E-state index is 0.273. The predicted octanol–water partition coefficient (Wildman–Crippen LogP) is 5.28. The number of rotatable bonds is 4. The maximum absolute atomic E-state index is 12.5. The van der Waals surface area contributed by atoms with Crippen LogP contribution in [-0.2, 0) is 12.8 Å². The number of allylic oxidation sites excluding steroid dienone is 1. The van der Waals surface area contributed by atoms with Gasteiger partial charge in [0.25, 0.3) is 0 Å². The molecule has 0 aromatic heterocycles. The fourth-order valence-corrected chi connectivity index (χ4v) is 3.09. The summed E-state index contributed by atoms with van der Waals surface area (Å²) in [5.74, 6) is 0.273. The number of benzene rings is 2. The number of carbonyl (C=O) groups excluding carboxylic acids is 1. The second-order valence-electron chi connectivity index (χ2n) is 5.21. The quantitative estimate of drug-likeness (QED) is 0.549. The first-order valence-corrected chi connectivity index (χ1v) is 7.49. The van der Waals surface area contributed by atoms with Gasteiger partial charge in [0, 0.05) is 12.0 Å². The van der Waals surface area contributed by atoms with E-state index in [0.29, 0.717) is 6.42 Å². The Morgan fingerprint density at radius 3 is 2.71 bits per heavy atom. The van der Waals surface area contributed by atoms with Gasteiger partial charge in [0.2, 0.25) is 0 Å². The van der Waals surface area contributed by atoms with Crippen molar-refractivity contribution in [1.82, 2.24) is 0 Å². The van der Waals surface area contributed by atoms with Gasteiger partial charge in [-0.25, -0.2) is 0 Å². The van der Waals surface area contributed by atoms with Crippen LogP contribution < -0.4 is 0 Å². The number of ketones is 1. The summed E-state index contributed by atoms with van der Waals surface area (Å²) < 4.78 is 0. The van der Waals surface area contributed by atoms with Gasteiger partial charge in [-0.3, -0.25) is 4.79 Å². The summed E-state index contributed by atoms with van der Waals surface area (Å²) in [6.07, 6.45) is 6.49. The van der Waals surface area contributed by atoms with Crippen LogP contribution in [0.3, 0.4) is 0 Å². The fraction of sp³-hybridized carbons (Fsp3) is 0.250. The molecular formula is C20H22O. The Morgan fingerprint density at radius 1 is 1.19 bits per heavy atom. The third-order valence-electron chi connectivity index (χ3n) is 3.98. The molecule has 0 amide bonds. The van der Waals surface area contributed by atoms with Crippen LogP contribution in [0.4, 0.5) is 0 Å². The lowest BCUT2D eigenvalue weighted by Crippen LogP contribution is -2.05. The molecule has 0 heterocycles. The topological polar surface area (TPSA) is 17.1 Å². The molecule has 0 radical (unpaired) electrons. The van der Waals surface area contributed by atoms with E-state index in [4.69, 9.17) is 0 Å². The van der Waals surface area contributed by atoms with Gasteiger partial charge in [-0.15, -0.1) is 19.7 Å². The van der Waals surface area contributed by atoms with Gasteiger partial charge < -0.3 is 0 Å². The van der Waals surface area contributed by atoms with Gasteiger partial charge >= 0.3 is 0 Å². The summed E-state index contributed by atoms with van der Waals surface area (Å²) >= 11 is 0. The van der Waals surface area contributed by atoms with E-state index in [2.05, 4.69) is 37.9 Å². The molecule has 0 atom stereocenters. The van der Waals surface area contributed by atoms with E-state index in [-0.39, 0.29) is 5.78 Å². The smallest absolute Gasteiger partial charge is 0.164 e. The lowest BCUT2D eigenvalue weighted by atomic mass is 9.91. The second-order valence-corrected chi connectivity index (χ2v) is 5.21. The average molecular weight is 278 g/mol. The molecule has 0 unspecified atom stereocenters. The lowest BCUT2D eigenvalue weighted by Gasteiger charge is -2.12. The highest BCUT2D eigenvalue weighted by atomic mass is 16.1. The number of Topliss-reactive ketones (excluding diaryl/α,β-unsaturated/α-hetero) is 1. The molecule has 3 rings (SSSR count). The van der Waals surface area contributed by atoms with E-state index in [1.165, 1.54) is 22.9 Å². The van der Waals surface area contributed by atoms with Gasteiger partial charge in [0.1, 0.15) is 0 Å². The van der Waals surface area contributed by atoms with Crippen molar-refractivity contribution in [2.24, 2.45) is 0 Å². The van der Waals surface area contributed by atoms with Gasteiger partial charge in [-0.2, -0.15) is 0 Å². The van der Waals surface area contributed by atoms with Gasteiger partial charge in [-0.05, 0) is 47.6 Å². The largest absolute Gasteiger partial charge is 0.294 e. The van der Waals surface area contributed by atoms with E-state index in [1.54, 1.807) is 0 Å². The number of carbonyl (C=O) groups is 1. The SMILES string of the molecule is C=C.C=CCCC(=O)c1c2c(cc3ccccc13)CCC2. The van der Waals surface area contributed by atoms with E-state index < -0.39 is 0 Å². The maximum Gasteiger partial charge on any atom is 0.164 e. The Hall–Kier alpha value is -2.15. The number of hydrogen-bond donors (Lipinski definition) is 0. The van der Waals surface area contributed by atoms with Crippen molar-refractivity contribution in [3.8, 4) is 0 Å². The molecule has 2 aromatic carbocycles. The predicted molar refractivity (Wildman–Crippen MR) is 91.0 cm³/mol. The third-order valence-corrected chi connectivity index (χ3v) is 3.98. The monoisotopic (exact) mass is 278 g/mol. The average Bonchev–Trinajstić information content (AvgIpc) is 3.00. The zero-order valence-electron chi connectivity index (χ0n) is 12.5. The Bertz CT molecular complexity index is 667. The summed E-state index contributed by atoms with van der Waals surface area (Å²) in [6, 6.07) is 10.5. The molecule has 0 spiro atoms. The standard InChI is InChI=1S/C18H18O.C2H4/c1-2-3-11-17(19)18-15-9-5-4-7-13(15)12-14-8-6-10-16(14)18;1-2/h2,4-5,7,9,12H,1,3,6,8,10-11H2;1-2H2. The second kappa shape index (κ2) is 7.03. The van der Waals surface area contributed by atoms with Crippen molar-refractivity contribution < 1.29 is 4.79 Å². The summed E-state index contributed by atoms with van der Waals surface area (Å²) in [4.78, 5) is 12.5. The first kappa shape index (κ1) is 15.2. The van der Waals surface area contributed by atoms with E-state index in [1.807, 2.05) is 18.2 Å². The molecule has 0 aliphatic heterocycles. The molecule has 1 aliphatic rings. The fourth-order valence-electron chi connectivity index (χ4n) is 3.09. The highest BCUT2D eigenvalue weighted by molar-refractivity contribution is 6.10. The Kier molecular flexibility index (Phi) is 5.10. The number of aryl methyl sites for hydroxylation is 1. The van der Waals surface area contributed by atoms with E-state index >= 15 is 0 Å². The maximum atomic E-state index is 12.5. The first-order chi connectivity index (χ1) is 10.3. The molecule has 2 aromatic rings. The van der Waals surface area contributed by atoms with Crippen LogP contribution in [0.25, 0.3) is 10.8 Å². The molecule has 0 saturated heterocycles. The number of hydrogen-bond acceptors (Lipinski definition) is 1. The Morgan fingerprint density at radius 2 is 1.95 bits per heavy atom. The lowest BCUT2D eigenvalue weighted by molar-refractivity contribution is 0.0984. The van der Waals surface area contributed by atoms with Crippen molar-refractivity contribution in [2.75, 3.05) is 0 Å². The Balaban J connectivity index is 0.000000774. The highest BCUT2D eigenvalue weighted by Crippen LogP contribution is 2.33. The van der Waals surface area contributed by atoms with Crippen LogP contribution in [0.15, 0.2) is 56.1 Å². The molecular weight excluding hydrogens is 256 g/mol. The Labute approximate surface area is 127 Å². The van der Waals surface area contributed by atoms with Gasteiger partial charge in [0.15, 0.2) is 5.78 Å². The molecule has 1 heteroatoms. The highest BCUT2D eigenvalue weighted by Gasteiger charge is 2.21. The molecule has 108 valence electrons. The van der Waals surface area contributed by atoms with Crippen LogP contribution in [0, 0.1) is 0 Å². The van der Waals surface area contributed by atoms with Crippen molar-refractivity contribution in [3.05, 3.63) is 72.8 Å². The zero-order chi connectivity index (χ0) is 15.2. The number of fused-ring (bicyclic) bond motifs is 2. The molecule has 0 fully saturated rings. The minimum Gasteiger partial charge on any atom is -0.294 e. The summed E-state index contributed by atoms with van der Waals surface area (Å²) in [6.45, 7) is 9.71. The molecule has 1 nitrogen and oxygen atoms in total. The molecule has 1 aliphatic carbocycles. The molecule has 21 heavy (non-hydrogen) atoms. The third kappa shape index (κ3) is 2.97. The van der Waals surface area contributed by atoms with Crippen LogP contribution in [0.2, 0.25) is 0 Å². The van der Waals surface area contributed by atoms with Crippen molar-refractivity contribution in [3.63, 3.8) is 0 Å². The minimum atomic E-state index is 0.273. The van der Waals surface area contributed by atoms with E-state index in [9.17, 15) is 4.79 Å². The van der Waals surface area contributed by atoms with Crippen molar-refractivity contribution in [2.45, 2.75) is 32.1 Å². The van der Waals surface area contributed by atoms with Crippen molar-refractivity contribution in [1.29, 1.82) is 0 Å². The van der Waals surface area contributed by atoms with Crippen LogP contribution in [-0.4, -0.2) is 5.78 Å². The van der Waals surface area contributed by atoms with E-state index in [0.717, 1.165) is 30.2 Å². The molecule has 0 bridgehead atoms. The zero-order valence-corrected chi connectivity index (χ0v) is 12.5. The van der Waals surface area contributed by atoms with Crippen LogP contribution in [0.1, 0.15) is 40.7 Å². The van der Waals surface area contributed by atoms with Crippen LogP contribution in [0.5, 0.6) is 0 Å². The summed E-state index contributed by atoms with van der Waals surface area (Å²) in [5, 5.41) is 2.32. The first-order valence-electron chi connectivity index (χ1n) is 7.49. The summed E-state index contributed by atoms with van der Waals surface area (Å²) in [7, 11) is 0.